The number of hydrogen-bond acceptors (Lipinski definition) is 8. The van der Waals surface area contributed by atoms with E-state index in [1.807, 2.05) is 6.26 Å². The van der Waals surface area contributed by atoms with Crippen LogP contribution < -0.4 is 33.6 Å². The van der Waals surface area contributed by atoms with Gasteiger partial charge in [-0.05, 0) is 50.5 Å². The van der Waals surface area contributed by atoms with Crippen molar-refractivity contribution < 1.29 is 29.1 Å². The summed E-state index contributed by atoms with van der Waals surface area (Å²) in [6, 6.07) is -4.04. The highest BCUT2D eigenvalue weighted by atomic mass is 32.2. The predicted octanol–water partition coefficient (Wildman–Crippen LogP) is -2.57. The number of aliphatic imine (C=N–C) groups is 1. The first kappa shape index (κ1) is 31.0. The minimum Gasteiger partial charge on any atom is -0.480 e. The fourth-order valence-electron chi connectivity index (χ4n) is 3.73. The molecule has 1 heterocycles. The number of guanidine groups is 1. The molecule has 0 aromatic heterocycles. The highest BCUT2D eigenvalue weighted by Crippen LogP contribution is 2.20. The number of hydrogen-bond donors (Lipinski definition) is 7. The Morgan fingerprint density at radius 2 is 1.72 bits per heavy atom. The van der Waals surface area contributed by atoms with Crippen LogP contribution in [-0.4, -0.2) is 94.8 Å². The van der Waals surface area contributed by atoms with E-state index in [1.165, 1.54) is 16.7 Å². The van der Waals surface area contributed by atoms with Crippen molar-refractivity contribution in [1.82, 2.24) is 15.5 Å². The number of carbonyl (C=O) groups excluding carboxylic acids is 4. The molecule has 0 aromatic rings. The van der Waals surface area contributed by atoms with Gasteiger partial charge in [0.25, 0.3) is 0 Å². The van der Waals surface area contributed by atoms with Gasteiger partial charge in [0.2, 0.25) is 23.6 Å². The van der Waals surface area contributed by atoms with Gasteiger partial charge < -0.3 is 43.6 Å². The first-order chi connectivity index (χ1) is 17.0. The van der Waals surface area contributed by atoms with E-state index in [9.17, 15) is 29.1 Å². The zero-order chi connectivity index (χ0) is 27.3. The molecule has 14 nitrogen and oxygen atoms in total. The summed E-state index contributed by atoms with van der Waals surface area (Å²) in [7, 11) is 0. The summed E-state index contributed by atoms with van der Waals surface area (Å²) in [6.45, 7) is 0.475. The summed E-state index contributed by atoms with van der Waals surface area (Å²) in [5.74, 6) is -3.04. The number of carbonyl (C=O) groups is 5. The van der Waals surface area contributed by atoms with Crippen molar-refractivity contribution in [3.05, 3.63) is 0 Å². The predicted molar refractivity (Wildman–Crippen MR) is 136 cm³/mol. The molecular formula is C21H38N8O6S. The number of nitrogens with two attached hydrogens (primary N) is 4. The maximum absolute atomic E-state index is 13.2. The molecule has 0 aromatic carbocycles. The average Bonchev–Trinajstić information content (AvgIpc) is 3.31. The lowest BCUT2D eigenvalue weighted by Crippen LogP contribution is -2.57. The van der Waals surface area contributed by atoms with Gasteiger partial charge in [0, 0.05) is 19.5 Å². The largest absolute Gasteiger partial charge is 0.480 e. The highest BCUT2D eigenvalue weighted by molar-refractivity contribution is 7.98. The molecule has 204 valence electrons. The number of aliphatic carboxylic acids is 1. The molecule has 36 heavy (non-hydrogen) atoms. The number of nitrogens with one attached hydrogen (secondary N) is 2. The second-order valence-electron chi connectivity index (χ2n) is 8.49. The molecule has 15 heteroatoms. The van der Waals surface area contributed by atoms with Gasteiger partial charge in [0.1, 0.15) is 18.1 Å². The second kappa shape index (κ2) is 15.8. The van der Waals surface area contributed by atoms with Crippen molar-refractivity contribution >= 4 is 47.3 Å². The SMILES string of the molecule is CSCCC(NC(=O)C(N)CCC(N)=O)C(=O)NC(CCCN=C(N)N)C(=O)N1CCCC1C(=O)O. The van der Waals surface area contributed by atoms with E-state index in [1.54, 1.807) is 0 Å². The number of thioether (sulfide) groups is 1. The van der Waals surface area contributed by atoms with E-state index in [2.05, 4.69) is 15.6 Å². The maximum atomic E-state index is 13.2. The maximum Gasteiger partial charge on any atom is 0.326 e. The third-order valence-corrected chi connectivity index (χ3v) is 6.31. The molecule has 1 saturated heterocycles. The van der Waals surface area contributed by atoms with Crippen LogP contribution in [0.25, 0.3) is 0 Å². The van der Waals surface area contributed by atoms with E-state index in [0.29, 0.717) is 25.0 Å². The molecule has 0 aliphatic carbocycles. The van der Waals surface area contributed by atoms with Crippen LogP contribution in [0, 0.1) is 0 Å². The normalized spacial score (nSPS) is 17.5. The molecule has 1 aliphatic rings. The summed E-state index contributed by atoms with van der Waals surface area (Å²) in [4.78, 5) is 66.6. The Morgan fingerprint density at radius 1 is 1.06 bits per heavy atom. The van der Waals surface area contributed by atoms with Crippen molar-refractivity contribution in [3.8, 4) is 0 Å². The van der Waals surface area contributed by atoms with Gasteiger partial charge in [-0.25, -0.2) is 4.79 Å². The Balaban J connectivity index is 2.99. The zero-order valence-electron chi connectivity index (χ0n) is 20.5. The van der Waals surface area contributed by atoms with Crippen LogP contribution in [0.1, 0.15) is 44.9 Å². The molecule has 4 amide bonds. The second-order valence-corrected chi connectivity index (χ2v) is 9.48. The summed E-state index contributed by atoms with van der Waals surface area (Å²) in [5, 5.41) is 14.7. The van der Waals surface area contributed by atoms with Gasteiger partial charge in [0.05, 0.1) is 6.04 Å². The van der Waals surface area contributed by atoms with Gasteiger partial charge in [-0.3, -0.25) is 24.2 Å². The Labute approximate surface area is 214 Å². The topological polar surface area (TPSA) is 249 Å². The zero-order valence-corrected chi connectivity index (χ0v) is 21.3. The Kier molecular flexibility index (Phi) is 13.6. The van der Waals surface area contributed by atoms with Crippen molar-refractivity contribution in [2.24, 2.45) is 27.9 Å². The molecular weight excluding hydrogens is 492 g/mol. The fraction of sp³-hybridized carbons (Fsp3) is 0.714. The summed E-state index contributed by atoms with van der Waals surface area (Å²) in [6.07, 6.45) is 3.41. The Morgan fingerprint density at radius 3 is 2.31 bits per heavy atom. The number of nitrogens with zero attached hydrogens (tertiary/aromatic N) is 2. The van der Waals surface area contributed by atoms with Gasteiger partial charge >= 0.3 is 5.97 Å². The number of carboxylic acids is 1. The smallest absolute Gasteiger partial charge is 0.326 e. The number of amides is 4. The summed E-state index contributed by atoms with van der Waals surface area (Å²) >= 11 is 1.46. The van der Waals surface area contributed by atoms with Crippen LogP contribution in [0.15, 0.2) is 4.99 Å². The van der Waals surface area contributed by atoms with E-state index >= 15 is 0 Å². The molecule has 11 N–H and O–H groups in total. The minimum atomic E-state index is -1.11. The lowest BCUT2D eigenvalue weighted by molar-refractivity contribution is -0.149. The molecule has 1 aliphatic heterocycles. The van der Waals surface area contributed by atoms with Crippen LogP contribution in [-0.2, 0) is 24.0 Å². The summed E-state index contributed by atoms with van der Waals surface area (Å²) < 4.78 is 0. The molecule has 0 saturated carbocycles. The van der Waals surface area contributed by atoms with Gasteiger partial charge in [0.15, 0.2) is 5.96 Å². The lowest BCUT2D eigenvalue weighted by atomic mass is 10.1. The van der Waals surface area contributed by atoms with Crippen molar-refractivity contribution in [2.45, 2.75) is 69.1 Å². The first-order valence-electron chi connectivity index (χ1n) is 11.7. The van der Waals surface area contributed by atoms with Gasteiger partial charge in [-0.1, -0.05) is 0 Å². The molecule has 0 spiro atoms. The Hall–Kier alpha value is -3.07. The monoisotopic (exact) mass is 530 g/mol. The van der Waals surface area contributed by atoms with Crippen LogP contribution in [0.5, 0.6) is 0 Å². The van der Waals surface area contributed by atoms with Crippen molar-refractivity contribution in [3.63, 3.8) is 0 Å². The average molecular weight is 531 g/mol. The van der Waals surface area contributed by atoms with E-state index in [-0.39, 0.29) is 44.7 Å². The highest BCUT2D eigenvalue weighted by Gasteiger charge is 2.38. The Bertz CT molecular complexity index is 822. The number of primary amides is 1. The number of carboxylic acid groups (broad SMARTS) is 1. The van der Waals surface area contributed by atoms with Crippen LogP contribution in [0.2, 0.25) is 0 Å². The van der Waals surface area contributed by atoms with Crippen LogP contribution >= 0.6 is 11.8 Å². The van der Waals surface area contributed by atoms with Crippen LogP contribution in [0.4, 0.5) is 0 Å². The van der Waals surface area contributed by atoms with E-state index in [0.717, 1.165) is 0 Å². The molecule has 4 atom stereocenters. The molecule has 0 radical (unpaired) electrons. The van der Waals surface area contributed by atoms with Crippen molar-refractivity contribution in [1.29, 1.82) is 0 Å². The minimum absolute atomic E-state index is 0.0233. The standard InChI is InChI=1S/C21H38N8O6S/c1-36-11-8-13(27-17(31)12(22)6-7-16(23)30)18(32)28-14(4-2-9-26-21(24)25)19(33)29-10-3-5-15(29)20(34)35/h12-15H,2-11,22H2,1H3,(H2,23,30)(H,27,31)(H,28,32)(H,34,35)(H4,24,25,26). The number of likely N-dealkylation sites (tertiary alicyclic amines) is 1. The van der Waals surface area contributed by atoms with Gasteiger partial charge in [-0.15, -0.1) is 0 Å². The molecule has 4 unspecified atom stereocenters. The molecule has 1 rings (SSSR count). The van der Waals surface area contributed by atoms with E-state index < -0.39 is 53.8 Å². The first-order valence-corrected chi connectivity index (χ1v) is 13.1. The quantitative estimate of drug-likeness (QED) is 0.0624. The lowest BCUT2D eigenvalue weighted by Gasteiger charge is -2.29. The fourth-order valence-corrected chi connectivity index (χ4v) is 4.20. The third-order valence-electron chi connectivity index (χ3n) is 5.66. The van der Waals surface area contributed by atoms with Gasteiger partial charge in [-0.2, -0.15) is 11.8 Å². The molecule has 0 bridgehead atoms. The third kappa shape index (κ3) is 10.7. The van der Waals surface area contributed by atoms with Crippen LogP contribution in [0.3, 0.4) is 0 Å². The number of rotatable bonds is 16. The van der Waals surface area contributed by atoms with Crippen molar-refractivity contribution in [2.75, 3.05) is 25.1 Å². The summed E-state index contributed by atoms with van der Waals surface area (Å²) in [5.41, 5.74) is 21.6. The molecule has 1 fully saturated rings. The van der Waals surface area contributed by atoms with E-state index in [4.69, 9.17) is 22.9 Å².